The number of nitrogens with one attached hydrogen (secondary N) is 1. The largest absolute Gasteiger partial charge is 0.497 e. The van der Waals surface area contributed by atoms with E-state index in [1.54, 1.807) is 7.11 Å². The van der Waals surface area contributed by atoms with E-state index in [4.69, 9.17) is 4.74 Å². The maximum Gasteiger partial charge on any atom is 0.194 e. The monoisotopic (exact) mass is 279 g/mol. The number of benzene rings is 2. The third-order valence-electron chi connectivity index (χ3n) is 3.48. The zero-order valence-corrected chi connectivity index (χ0v) is 10.7. The van der Waals surface area contributed by atoms with Gasteiger partial charge in [0, 0.05) is 11.8 Å². The summed E-state index contributed by atoms with van der Waals surface area (Å²) in [7, 11) is 1.57. The molecular formula is C15H12F3NO. The summed E-state index contributed by atoms with van der Waals surface area (Å²) >= 11 is 0. The lowest BCUT2D eigenvalue weighted by atomic mass is 10.0. The summed E-state index contributed by atoms with van der Waals surface area (Å²) in [6.45, 7) is 0. The van der Waals surface area contributed by atoms with Crippen molar-refractivity contribution in [1.82, 2.24) is 0 Å². The van der Waals surface area contributed by atoms with E-state index in [9.17, 15) is 13.2 Å². The number of hydrogen-bond donors (Lipinski definition) is 1. The van der Waals surface area contributed by atoms with Gasteiger partial charge >= 0.3 is 0 Å². The van der Waals surface area contributed by atoms with Crippen LogP contribution in [0.1, 0.15) is 17.2 Å². The third-order valence-corrected chi connectivity index (χ3v) is 3.48. The summed E-state index contributed by atoms with van der Waals surface area (Å²) in [5.41, 5.74) is 2.27. The Kier molecular flexibility index (Phi) is 3.04. The molecule has 2 aromatic rings. The van der Waals surface area contributed by atoms with Crippen molar-refractivity contribution in [2.75, 3.05) is 12.4 Å². The maximum absolute atomic E-state index is 13.3. The number of rotatable bonds is 2. The lowest BCUT2D eigenvalue weighted by Crippen LogP contribution is -2.07. The van der Waals surface area contributed by atoms with E-state index in [1.165, 1.54) is 0 Å². The highest BCUT2D eigenvalue weighted by Crippen LogP contribution is 2.36. The van der Waals surface area contributed by atoms with E-state index in [0.29, 0.717) is 17.7 Å². The van der Waals surface area contributed by atoms with E-state index in [1.807, 2.05) is 18.2 Å². The Bertz CT molecular complexity index is 649. The molecule has 0 amide bonds. The fraction of sp³-hybridized carbons (Fsp3) is 0.200. The minimum atomic E-state index is -1.44. The molecule has 0 bridgehead atoms. The molecule has 5 heteroatoms. The Morgan fingerprint density at radius 3 is 2.45 bits per heavy atom. The Balaban J connectivity index is 1.92. The maximum atomic E-state index is 13.3. The van der Waals surface area contributed by atoms with Gasteiger partial charge in [0.2, 0.25) is 0 Å². The van der Waals surface area contributed by atoms with Gasteiger partial charge in [0.25, 0.3) is 0 Å². The molecule has 0 radical (unpaired) electrons. The molecule has 2 nitrogen and oxygen atoms in total. The zero-order valence-electron chi connectivity index (χ0n) is 10.7. The van der Waals surface area contributed by atoms with Gasteiger partial charge in [0.05, 0.1) is 13.2 Å². The standard InChI is InChI=1S/C15H12F3NO/c1-20-10-3-2-8-6-13(19-14(8)7-10)9-4-11(16)15(18)12(17)5-9/h2-5,7,13,19H,6H2,1H3. The van der Waals surface area contributed by atoms with Gasteiger partial charge in [-0.15, -0.1) is 0 Å². The van der Waals surface area contributed by atoms with Crippen LogP contribution >= 0.6 is 0 Å². The number of anilines is 1. The molecule has 0 saturated heterocycles. The summed E-state index contributed by atoms with van der Waals surface area (Å²) in [4.78, 5) is 0. The number of methoxy groups -OCH3 is 1. The second-order valence-corrected chi connectivity index (χ2v) is 4.72. The fourth-order valence-corrected chi connectivity index (χ4v) is 2.43. The molecule has 0 aliphatic carbocycles. The van der Waals surface area contributed by atoms with Gasteiger partial charge in [-0.2, -0.15) is 0 Å². The van der Waals surface area contributed by atoms with Gasteiger partial charge in [0.15, 0.2) is 17.5 Å². The molecule has 1 aliphatic heterocycles. The first-order valence-corrected chi connectivity index (χ1v) is 6.16. The molecule has 0 fully saturated rings. The van der Waals surface area contributed by atoms with Crippen molar-refractivity contribution in [3.05, 3.63) is 58.9 Å². The van der Waals surface area contributed by atoms with Crippen LogP contribution in [0.15, 0.2) is 30.3 Å². The molecule has 1 N–H and O–H groups in total. The number of halogens is 3. The first kappa shape index (κ1) is 12.8. The van der Waals surface area contributed by atoms with Crippen LogP contribution in [0.25, 0.3) is 0 Å². The van der Waals surface area contributed by atoms with Crippen molar-refractivity contribution < 1.29 is 17.9 Å². The van der Waals surface area contributed by atoms with Crippen LogP contribution in [0, 0.1) is 17.5 Å². The van der Waals surface area contributed by atoms with E-state index >= 15 is 0 Å². The van der Waals surface area contributed by atoms with Crippen molar-refractivity contribution in [3.63, 3.8) is 0 Å². The SMILES string of the molecule is COc1ccc2c(c1)NC(c1cc(F)c(F)c(F)c1)C2. The predicted octanol–water partition coefficient (Wildman–Crippen LogP) is 3.82. The van der Waals surface area contributed by atoms with Crippen LogP contribution < -0.4 is 10.1 Å². The lowest BCUT2D eigenvalue weighted by Gasteiger charge is -2.12. The van der Waals surface area contributed by atoms with Crippen molar-refractivity contribution in [2.45, 2.75) is 12.5 Å². The predicted molar refractivity (Wildman–Crippen MR) is 69.4 cm³/mol. The summed E-state index contributed by atoms with van der Waals surface area (Å²) in [6, 6.07) is 7.33. The van der Waals surface area contributed by atoms with Gasteiger partial charge in [0.1, 0.15) is 5.75 Å². The molecule has 20 heavy (non-hydrogen) atoms. The van der Waals surface area contributed by atoms with Crippen molar-refractivity contribution in [1.29, 1.82) is 0 Å². The molecule has 0 aromatic heterocycles. The molecule has 1 aliphatic rings. The summed E-state index contributed by atoms with van der Waals surface area (Å²) < 4.78 is 44.7. The average molecular weight is 279 g/mol. The normalized spacial score (nSPS) is 16.7. The highest BCUT2D eigenvalue weighted by atomic mass is 19.2. The van der Waals surface area contributed by atoms with Crippen LogP contribution in [-0.4, -0.2) is 7.11 Å². The van der Waals surface area contributed by atoms with Crippen molar-refractivity contribution in [2.24, 2.45) is 0 Å². The molecule has 104 valence electrons. The Morgan fingerprint density at radius 2 is 1.80 bits per heavy atom. The Hall–Kier alpha value is -2.17. The Labute approximate surface area is 114 Å². The number of hydrogen-bond acceptors (Lipinski definition) is 2. The van der Waals surface area contributed by atoms with Crippen LogP contribution in [0.4, 0.5) is 18.9 Å². The topological polar surface area (TPSA) is 21.3 Å². The van der Waals surface area contributed by atoms with Gasteiger partial charge < -0.3 is 10.1 Å². The van der Waals surface area contributed by atoms with E-state index in [-0.39, 0.29) is 6.04 Å². The van der Waals surface area contributed by atoms with Crippen LogP contribution in [0.2, 0.25) is 0 Å². The average Bonchev–Trinajstić information content (AvgIpc) is 2.86. The molecule has 1 unspecified atom stereocenters. The summed E-state index contributed by atoms with van der Waals surface area (Å²) in [5.74, 6) is -3.08. The van der Waals surface area contributed by atoms with Crippen molar-refractivity contribution >= 4 is 5.69 Å². The van der Waals surface area contributed by atoms with Crippen LogP contribution in [0.5, 0.6) is 5.75 Å². The smallest absolute Gasteiger partial charge is 0.194 e. The molecule has 3 rings (SSSR count). The third kappa shape index (κ3) is 2.09. The van der Waals surface area contributed by atoms with Gasteiger partial charge in [-0.05, 0) is 35.7 Å². The number of ether oxygens (including phenoxy) is 1. The fourth-order valence-electron chi connectivity index (χ4n) is 2.43. The van der Waals surface area contributed by atoms with Gasteiger partial charge in [-0.25, -0.2) is 13.2 Å². The minimum absolute atomic E-state index is 0.276. The zero-order chi connectivity index (χ0) is 14.3. The van der Waals surface area contributed by atoms with E-state index in [0.717, 1.165) is 23.4 Å². The first-order valence-electron chi connectivity index (χ1n) is 6.16. The molecule has 0 saturated carbocycles. The van der Waals surface area contributed by atoms with Crippen LogP contribution in [0.3, 0.4) is 0 Å². The molecule has 2 aromatic carbocycles. The molecular weight excluding hydrogens is 267 g/mol. The van der Waals surface area contributed by atoms with Crippen molar-refractivity contribution in [3.8, 4) is 5.75 Å². The Morgan fingerprint density at radius 1 is 1.10 bits per heavy atom. The number of fused-ring (bicyclic) bond motifs is 1. The lowest BCUT2D eigenvalue weighted by molar-refractivity contribution is 0.415. The van der Waals surface area contributed by atoms with Gasteiger partial charge in [-0.3, -0.25) is 0 Å². The molecule has 0 spiro atoms. The van der Waals surface area contributed by atoms with Gasteiger partial charge in [-0.1, -0.05) is 6.07 Å². The summed E-state index contributed by atoms with van der Waals surface area (Å²) in [5, 5.41) is 3.16. The molecule has 1 atom stereocenters. The van der Waals surface area contributed by atoms with E-state index in [2.05, 4.69) is 5.32 Å². The highest BCUT2D eigenvalue weighted by Gasteiger charge is 2.24. The molecule has 1 heterocycles. The quantitative estimate of drug-likeness (QED) is 0.844. The minimum Gasteiger partial charge on any atom is -0.497 e. The highest BCUT2D eigenvalue weighted by molar-refractivity contribution is 5.61. The summed E-state index contributed by atoms with van der Waals surface area (Å²) in [6.07, 6.45) is 0.587. The van der Waals surface area contributed by atoms with E-state index < -0.39 is 17.5 Å². The first-order chi connectivity index (χ1) is 9.58. The van der Waals surface area contributed by atoms with Crippen LogP contribution in [-0.2, 0) is 6.42 Å². The second kappa shape index (κ2) is 4.74. The second-order valence-electron chi connectivity index (χ2n) is 4.72.